The molecule has 0 radical (unpaired) electrons. The number of nitrogens with zero attached hydrogens (tertiary/aromatic N) is 4. The van der Waals surface area contributed by atoms with Gasteiger partial charge in [-0.1, -0.05) is 0 Å². The van der Waals surface area contributed by atoms with Crippen molar-refractivity contribution < 1.29 is 14.3 Å². The first kappa shape index (κ1) is 27.5. The summed E-state index contributed by atoms with van der Waals surface area (Å²) >= 11 is 0. The van der Waals surface area contributed by atoms with Crippen LogP contribution in [-0.4, -0.2) is 77.8 Å². The molecule has 1 saturated heterocycles. The molecule has 0 aromatic carbocycles. The van der Waals surface area contributed by atoms with Crippen LogP contribution in [0.5, 0.6) is 5.75 Å². The fourth-order valence-electron chi connectivity index (χ4n) is 3.83. The second-order valence-electron chi connectivity index (χ2n) is 9.57. The van der Waals surface area contributed by atoms with Gasteiger partial charge in [0, 0.05) is 38.4 Å². The molecule has 33 heavy (non-hydrogen) atoms. The number of hydrogen-bond acceptors (Lipinski definition) is 5. The van der Waals surface area contributed by atoms with Gasteiger partial charge >= 0.3 is 6.09 Å². The van der Waals surface area contributed by atoms with Gasteiger partial charge in [-0.2, -0.15) is 0 Å². The summed E-state index contributed by atoms with van der Waals surface area (Å²) in [7, 11) is 0. The predicted octanol–water partition coefficient (Wildman–Crippen LogP) is 4.16. The van der Waals surface area contributed by atoms with Gasteiger partial charge in [-0.05, 0) is 71.4 Å². The van der Waals surface area contributed by atoms with Crippen molar-refractivity contribution in [1.82, 2.24) is 20.1 Å². The fraction of sp³-hybridized carbons (Fsp3) is 0.708. The zero-order chi connectivity index (χ0) is 23.0. The highest BCUT2D eigenvalue weighted by Crippen LogP contribution is 2.32. The van der Waals surface area contributed by atoms with Gasteiger partial charge in [-0.15, -0.1) is 24.0 Å². The van der Waals surface area contributed by atoms with Gasteiger partial charge in [0.2, 0.25) is 0 Å². The Morgan fingerprint density at radius 2 is 2.00 bits per heavy atom. The monoisotopic (exact) mass is 573 g/mol. The third-order valence-corrected chi connectivity index (χ3v) is 5.58. The molecule has 186 valence electrons. The van der Waals surface area contributed by atoms with Crippen molar-refractivity contribution in [2.45, 2.75) is 65.0 Å². The molecule has 8 nitrogen and oxygen atoms in total. The summed E-state index contributed by atoms with van der Waals surface area (Å²) in [5, 5.41) is 3.39. The Labute approximate surface area is 215 Å². The van der Waals surface area contributed by atoms with Crippen LogP contribution < -0.4 is 10.1 Å². The Morgan fingerprint density at radius 1 is 1.27 bits per heavy atom. The molecular formula is C24H40IN5O3. The number of hydrogen-bond donors (Lipinski definition) is 1. The number of aromatic nitrogens is 1. The average Bonchev–Trinajstić information content (AvgIpc) is 3.58. The van der Waals surface area contributed by atoms with Crippen LogP contribution in [0, 0.1) is 5.92 Å². The van der Waals surface area contributed by atoms with Crippen molar-refractivity contribution in [3.05, 3.63) is 24.5 Å². The number of carbonyl (C=O) groups excluding carboxylic acids is 1. The Kier molecular flexibility index (Phi) is 11.0. The summed E-state index contributed by atoms with van der Waals surface area (Å²) in [5.74, 6) is 2.30. The molecule has 9 heteroatoms. The third-order valence-electron chi connectivity index (χ3n) is 5.58. The molecule has 1 aromatic heterocycles. The van der Waals surface area contributed by atoms with E-state index in [1.165, 1.54) is 12.8 Å². The summed E-state index contributed by atoms with van der Waals surface area (Å²) in [6, 6.07) is 3.97. The molecule has 0 unspecified atom stereocenters. The summed E-state index contributed by atoms with van der Waals surface area (Å²) in [5.41, 5.74) is -0.470. The van der Waals surface area contributed by atoms with Crippen molar-refractivity contribution in [3.63, 3.8) is 0 Å². The minimum Gasteiger partial charge on any atom is -0.490 e. The first-order valence-corrected chi connectivity index (χ1v) is 11.9. The molecule has 1 N–H and O–H groups in total. The summed E-state index contributed by atoms with van der Waals surface area (Å²) < 4.78 is 11.4. The summed E-state index contributed by atoms with van der Waals surface area (Å²) in [6.07, 6.45) is 7.54. The Bertz CT molecular complexity index is 744. The standard InChI is InChI=1S/C24H39N5O3.HI/c1-5-26-22(27-13-16-31-21-7-6-12-25-17-21)28-14-10-20(11-15-28)29(18-19-8-9-19)23(30)32-24(2,3)4;/h6-7,12,17,19-20H,5,8-11,13-16,18H2,1-4H3,(H,26,27);1H. The van der Waals surface area contributed by atoms with Gasteiger partial charge in [-0.3, -0.25) is 4.98 Å². The summed E-state index contributed by atoms with van der Waals surface area (Å²) in [4.78, 5) is 25.9. The summed E-state index contributed by atoms with van der Waals surface area (Å²) in [6.45, 7) is 12.3. The van der Waals surface area contributed by atoms with E-state index in [2.05, 4.69) is 22.1 Å². The molecule has 1 amide bonds. The SMILES string of the molecule is CCNC(=NCCOc1cccnc1)N1CCC(N(CC2CC2)C(=O)OC(C)(C)C)CC1.I. The van der Waals surface area contributed by atoms with Crippen molar-refractivity contribution in [2.75, 3.05) is 39.3 Å². The first-order valence-electron chi connectivity index (χ1n) is 11.9. The van der Waals surface area contributed by atoms with Crippen molar-refractivity contribution >= 4 is 36.0 Å². The zero-order valence-corrected chi connectivity index (χ0v) is 22.8. The fourth-order valence-corrected chi connectivity index (χ4v) is 3.83. The van der Waals surface area contributed by atoms with Crippen LogP contribution in [0.4, 0.5) is 4.79 Å². The highest BCUT2D eigenvalue weighted by Gasteiger charge is 2.35. The van der Waals surface area contributed by atoms with E-state index in [9.17, 15) is 4.79 Å². The Hall–Kier alpha value is -1.78. The van der Waals surface area contributed by atoms with Gasteiger partial charge in [-0.25, -0.2) is 9.79 Å². The van der Waals surface area contributed by atoms with Crippen molar-refractivity contribution in [1.29, 1.82) is 0 Å². The van der Waals surface area contributed by atoms with Gasteiger partial charge in [0.15, 0.2) is 5.96 Å². The minimum atomic E-state index is -0.470. The Morgan fingerprint density at radius 3 is 2.58 bits per heavy atom. The van der Waals surface area contributed by atoms with E-state index >= 15 is 0 Å². The number of carbonyl (C=O) groups is 1. The predicted molar refractivity (Wildman–Crippen MR) is 141 cm³/mol. The second kappa shape index (κ2) is 13.2. The van der Waals surface area contributed by atoms with Crippen LogP contribution in [-0.2, 0) is 4.74 Å². The van der Waals surface area contributed by atoms with E-state index in [0.717, 1.165) is 50.7 Å². The lowest BCUT2D eigenvalue weighted by atomic mass is 10.0. The molecule has 3 rings (SSSR count). The molecule has 2 heterocycles. The third kappa shape index (κ3) is 9.54. The molecule has 1 aliphatic carbocycles. The smallest absolute Gasteiger partial charge is 0.410 e. The van der Waals surface area contributed by atoms with Crippen molar-refractivity contribution in [3.8, 4) is 5.75 Å². The number of likely N-dealkylation sites (tertiary alicyclic amines) is 1. The average molecular weight is 574 g/mol. The topological polar surface area (TPSA) is 79.3 Å². The van der Waals surface area contributed by atoms with E-state index in [0.29, 0.717) is 19.1 Å². The number of piperidine rings is 1. The van der Waals surface area contributed by atoms with Crippen LogP contribution in [0.25, 0.3) is 0 Å². The van der Waals surface area contributed by atoms with Crippen LogP contribution in [0.15, 0.2) is 29.5 Å². The number of halogens is 1. The number of nitrogens with one attached hydrogen (secondary N) is 1. The number of amides is 1. The minimum absolute atomic E-state index is 0. The van der Waals surface area contributed by atoms with E-state index in [1.807, 2.05) is 37.8 Å². The molecular weight excluding hydrogens is 533 g/mol. The lowest BCUT2D eigenvalue weighted by Crippen LogP contribution is -2.52. The van der Waals surface area contributed by atoms with E-state index in [-0.39, 0.29) is 36.1 Å². The van der Waals surface area contributed by atoms with Gasteiger partial charge in [0.1, 0.15) is 18.0 Å². The van der Waals surface area contributed by atoms with Crippen LogP contribution in [0.1, 0.15) is 53.4 Å². The second-order valence-corrected chi connectivity index (χ2v) is 9.57. The van der Waals surface area contributed by atoms with Crippen LogP contribution in [0.2, 0.25) is 0 Å². The molecule has 1 aromatic rings. The van der Waals surface area contributed by atoms with E-state index in [4.69, 9.17) is 14.5 Å². The zero-order valence-electron chi connectivity index (χ0n) is 20.5. The van der Waals surface area contributed by atoms with E-state index in [1.54, 1.807) is 12.4 Å². The maximum Gasteiger partial charge on any atom is 0.410 e. The van der Waals surface area contributed by atoms with Gasteiger partial charge < -0.3 is 24.6 Å². The molecule has 0 bridgehead atoms. The van der Waals surface area contributed by atoms with Crippen LogP contribution >= 0.6 is 24.0 Å². The molecule has 0 spiro atoms. The maximum absolute atomic E-state index is 12.9. The molecule has 1 aliphatic heterocycles. The Balaban J connectivity index is 0.00000385. The molecule has 2 aliphatic rings. The lowest BCUT2D eigenvalue weighted by Gasteiger charge is -2.40. The number of guanidine groups is 1. The van der Waals surface area contributed by atoms with Gasteiger partial charge in [0.05, 0.1) is 12.7 Å². The molecule has 1 saturated carbocycles. The highest BCUT2D eigenvalue weighted by molar-refractivity contribution is 14.0. The number of pyridine rings is 1. The maximum atomic E-state index is 12.9. The molecule has 2 fully saturated rings. The largest absolute Gasteiger partial charge is 0.490 e. The quantitative estimate of drug-likeness (QED) is 0.218. The number of ether oxygens (including phenoxy) is 2. The van der Waals surface area contributed by atoms with Crippen molar-refractivity contribution in [2.24, 2.45) is 10.9 Å². The molecule has 0 atom stereocenters. The number of rotatable bonds is 8. The van der Waals surface area contributed by atoms with Gasteiger partial charge in [0.25, 0.3) is 0 Å². The first-order chi connectivity index (χ1) is 15.4. The highest BCUT2D eigenvalue weighted by atomic mass is 127. The normalized spacial score (nSPS) is 17.2. The lowest BCUT2D eigenvalue weighted by molar-refractivity contribution is 0.00928. The van der Waals surface area contributed by atoms with E-state index < -0.39 is 5.60 Å². The van der Waals surface area contributed by atoms with Crippen LogP contribution in [0.3, 0.4) is 0 Å². The number of aliphatic imine (C=N–C) groups is 1.